The molecule has 0 amide bonds. The van der Waals surface area contributed by atoms with Gasteiger partial charge in [-0.2, -0.15) is 0 Å². The molecular weight excluding hydrogens is 180 g/mol. The Morgan fingerprint density at radius 2 is 1.00 bits per heavy atom. The van der Waals surface area contributed by atoms with Gasteiger partial charge in [-0.25, -0.2) is 0 Å². The molecule has 1 saturated heterocycles. The topological polar surface area (TPSA) is 6.48 Å². The van der Waals surface area contributed by atoms with Gasteiger partial charge in [0.1, 0.15) is 0 Å². The Kier molecular flexibility index (Phi) is 4.44. The van der Waals surface area contributed by atoms with Crippen molar-refractivity contribution in [2.24, 2.45) is 0 Å². The van der Waals surface area contributed by atoms with Crippen molar-refractivity contribution < 1.29 is 0 Å². The summed E-state index contributed by atoms with van der Waals surface area (Å²) < 4.78 is 0. The summed E-state index contributed by atoms with van der Waals surface area (Å²) in [5.41, 5.74) is 0. The molecule has 0 aromatic rings. The molecule has 0 spiro atoms. The standard InChI is InChI=1S/C6H14N2.BrH/c1-7-3-5-8(2)6-4-7;/h3-6H2,1-2H3;1H. The zero-order valence-electron chi connectivity index (χ0n) is 6.13. The van der Waals surface area contributed by atoms with Crippen molar-refractivity contribution in [2.45, 2.75) is 0 Å². The number of piperazine rings is 1. The van der Waals surface area contributed by atoms with Crippen LogP contribution in [0.25, 0.3) is 0 Å². The Labute approximate surface area is 67.6 Å². The second kappa shape index (κ2) is 4.25. The molecule has 0 aromatic heterocycles. The van der Waals surface area contributed by atoms with Crippen LogP contribution in [0.4, 0.5) is 0 Å². The fourth-order valence-corrected chi connectivity index (χ4v) is 0.906. The number of nitrogens with zero attached hydrogens (tertiary/aromatic N) is 2. The van der Waals surface area contributed by atoms with Crippen LogP contribution in [0.1, 0.15) is 0 Å². The van der Waals surface area contributed by atoms with Crippen LogP contribution >= 0.6 is 17.0 Å². The molecule has 1 rings (SSSR count). The van der Waals surface area contributed by atoms with E-state index < -0.39 is 0 Å². The molecule has 2 nitrogen and oxygen atoms in total. The zero-order valence-corrected chi connectivity index (χ0v) is 7.84. The van der Waals surface area contributed by atoms with Crippen LogP contribution < -0.4 is 0 Å². The van der Waals surface area contributed by atoms with Gasteiger partial charge in [0.05, 0.1) is 0 Å². The van der Waals surface area contributed by atoms with E-state index in [2.05, 4.69) is 23.9 Å². The number of likely N-dealkylation sites (N-methyl/N-ethyl adjacent to an activating group) is 2. The summed E-state index contributed by atoms with van der Waals surface area (Å²) in [4.78, 5) is 4.72. The molecule has 0 saturated carbocycles. The molecule has 0 radical (unpaired) electrons. The molecule has 1 aliphatic rings. The summed E-state index contributed by atoms with van der Waals surface area (Å²) in [7, 11) is 4.35. The lowest BCUT2D eigenvalue weighted by Gasteiger charge is -2.28. The Morgan fingerprint density at radius 3 is 1.22 bits per heavy atom. The molecule has 56 valence electrons. The first-order valence-electron chi connectivity index (χ1n) is 3.16. The Morgan fingerprint density at radius 1 is 0.778 bits per heavy atom. The number of hydrogen-bond acceptors (Lipinski definition) is 2. The average Bonchev–Trinajstić information content (AvgIpc) is 1.77. The predicted molar refractivity (Wildman–Crippen MR) is 45.3 cm³/mol. The highest BCUT2D eigenvalue weighted by Crippen LogP contribution is 1.93. The molecule has 0 bridgehead atoms. The highest BCUT2D eigenvalue weighted by Gasteiger charge is 2.07. The Balaban J connectivity index is 0.000000640. The number of hydrogen-bond donors (Lipinski definition) is 0. The monoisotopic (exact) mass is 194 g/mol. The summed E-state index contributed by atoms with van der Waals surface area (Å²) in [6, 6.07) is 0. The minimum absolute atomic E-state index is 0. The highest BCUT2D eigenvalue weighted by molar-refractivity contribution is 8.93. The van der Waals surface area contributed by atoms with Gasteiger partial charge in [-0.3, -0.25) is 0 Å². The largest absolute Gasteiger partial charge is 0.304 e. The molecule has 1 fully saturated rings. The first kappa shape index (κ1) is 9.40. The van der Waals surface area contributed by atoms with Gasteiger partial charge in [0.2, 0.25) is 0 Å². The van der Waals surface area contributed by atoms with Crippen molar-refractivity contribution in [3.8, 4) is 0 Å². The summed E-state index contributed by atoms with van der Waals surface area (Å²) in [5.74, 6) is 0. The van der Waals surface area contributed by atoms with Crippen molar-refractivity contribution in [2.75, 3.05) is 40.3 Å². The van der Waals surface area contributed by atoms with Crippen molar-refractivity contribution in [1.82, 2.24) is 9.80 Å². The molecule has 0 N–H and O–H groups in total. The fourth-order valence-electron chi connectivity index (χ4n) is 0.906. The Bertz CT molecular complexity index is 59.5. The van der Waals surface area contributed by atoms with E-state index in [1.165, 1.54) is 26.2 Å². The molecule has 9 heavy (non-hydrogen) atoms. The normalized spacial score (nSPS) is 23.3. The maximum atomic E-state index is 2.36. The highest BCUT2D eigenvalue weighted by atomic mass is 79.9. The lowest BCUT2D eigenvalue weighted by Crippen LogP contribution is -2.42. The van der Waals surface area contributed by atoms with Crippen LogP contribution in [-0.4, -0.2) is 50.1 Å². The van der Waals surface area contributed by atoms with Crippen LogP contribution in [0.2, 0.25) is 0 Å². The zero-order chi connectivity index (χ0) is 5.98. The third-order valence-corrected chi connectivity index (χ3v) is 1.73. The smallest absolute Gasteiger partial charge is 0.0107 e. The lowest BCUT2D eigenvalue weighted by molar-refractivity contribution is 0.181. The fraction of sp³-hybridized carbons (Fsp3) is 1.00. The molecule has 3 heteroatoms. The van der Waals surface area contributed by atoms with Crippen LogP contribution in [0.5, 0.6) is 0 Å². The second-order valence-corrected chi connectivity index (χ2v) is 2.61. The van der Waals surface area contributed by atoms with Gasteiger partial charge >= 0.3 is 0 Å². The molecule has 0 atom stereocenters. The van der Waals surface area contributed by atoms with E-state index in [1.54, 1.807) is 0 Å². The van der Waals surface area contributed by atoms with Gasteiger partial charge in [-0.15, -0.1) is 17.0 Å². The van der Waals surface area contributed by atoms with Crippen LogP contribution in [0.3, 0.4) is 0 Å². The first-order valence-corrected chi connectivity index (χ1v) is 3.16. The summed E-state index contributed by atoms with van der Waals surface area (Å²) in [6.45, 7) is 4.93. The molecule has 0 unspecified atom stereocenters. The van der Waals surface area contributed by atoms with Crippen LogP contribution in [-0.2, 0) is 0 Å². The van der Waals surface area contributed by atoms with E-state index in [-0.39, 0.29) is 17.0 Å². The summed E-state index contributed by atoms with van der Waals surface area (Å²) >= 11 is 0. The van der Waals surface area contributed by atoms with Crippen molar-refractivity contribution >= 4 is 17.0 Å². The van der Waals surface area contributed by atoms with E-state index in [1.807, 2.05) is 0 Å². The predicted octanol–water partition coefficient (Wildman–Crippen LogP) is 0.442. The van der Waals surface area contributed by atoms with E-state index in [0.29, 0.717) is 0 Å². The van der Waals surface area contributed by atoms with Crippen molar-refractivity contribution in [3.63, 3.8) is 0 Å². The molecular formula is C6H15BrN2. The molecule has 0 aromatic carbocycles. The maximum Gasteiger partial charge on any atom is 0.0107 e. The summed E-state index contributed by atoms with van der Waals surface area (Å²) in [6.07, 6.45) is 0. The third kappa shape index (κ3) is 3.18. The maximum absolute atomic E-state index is 2.36. The average molecular weight is 195 g/mol. The van der Waals surface area contributed by atoms with Crippen LogP contribution in [0, 0.1) is 0 Å². The van der Waals surface area contributed by atoms with Crippen molar-refractivity contribution in [3.05, 3.63) is 0 Å². The van der Waals surface area contributed by atoms with Crippen LogP contribution in [0.15, 0.2) is 0 Å². The van der Waals surface area contributed by atoms with Gasteiger partial charge in [0.15, 0.2) is 0 Å². The first-order chi connectivity index (χ1) is 3.79. The van der Waals surface area contributed by atoms with E-state index >= 15 is 0 Å². The minimum Gasteiger partial charge on any atom is -0.304 e. The van der Waals surface area contributed by atoms with Gasteiger partial charge in [-0.05, 0) is 14.1 Å². The quantitative estimate of drug-likeness (QED) is 0.553. The SMILES string of the molecule is Br.CN1CCN(C)CC1. The number of halogens is 1. The molecule has 0 aliphatic carbocycles. The minimum atomic E-state index is 0. The molecule has 1 heterocycles. The lowest BCUT2D eigenvalue weighted by atomic mass is 10.4. The second-order valence-electron chi connectivity index (χ2n) is 2.61. The van der Waals surface area contributed by atoms with Gasteiger partial charge < -0.3 is 9.80 Å². The number of rotatable bonds is 0. The third-order valence-electron chi connectivity index (χ3n) is 1.73. The van der Waals surface area contributed by atoms with Gasteiger partial charge in [0.25, 0.3) is 0 Å². The van der Waals surface area contributed by atoms with E-state index in [4.69, 9.17) is 0 Å². The van der Waals surface area contributed by atoms with Crippen molar-refractivity contribution in [1.29, 1.82) is 0 Å². The van der Waals surface area contributed by atoms with Gasteiger partial charge in [-0.1, -0.05) is 0 Å². The van der Waals surface area contributed by atoms with Gasteiger partial charge in [0, 0.05) is 26.2 Å². The van der Waals surface area contributed by atoms with E-state index in [0.717, 1.165) is 0 Å². The molecule has 1 aliphatic heterocycles. The van der Waals surface area contributed by atoms with E-state index in [9.17, 15) is 0 Å². The Hall–Kier alpha value is 0.400. The summed E-state index contributed by atoms with van der Waals surface area (Å²) in [5, 5.41) is 0.